The molecule has 2 aliphatic carbocycles. The van der Waals surface area contributed by atoms with Crippen LogP contribution in [0.1, 0.15) is 24.9 Å². The fourth-order valence-corrected chi connectivity index (χ4v) is 4.46. The van der Waals surface area contributed by atoms with Gasteiger partial charge in [0.25, 0.3) is 0 Å². The molecule has 2 bridgehead atoms. The standard InChI is InChI=1S/C17H16BrNO2/c1-9(10-4-6-13(18)7-5-10)19-16(20)14-11-2-3-12(8-11)15(14)17(19)21/h2-7,9,11-12,14-15H,8H2,1H3. The fourth-order valence-electron chi connectivity index (χ4n) is 4.20. The number of rotatable bonds is 2. The van der Waals surface area contributed by atoms with Gasteiger partial charge in [-0.15, -0.1) is 0 Å². The zero-order valence-corrected chi connectivity index (χ0v) is 13.3. The van der Waals surface area contributed by atoms with Gasteiger partial charge in [-0.25, -0.2) is 0 Å². The summed E-state index contributed by atoms with van der Waals surface area (Å²) in [4.78, 5) is 27.0. The van der Waals surface area contributed by atoms with Crippen molar-refractivity contribution in [2.24, 2.45) is 23.7 Å². The molecule has 1 aromatic rings. The van der Waals surface area contributed by atoms with Gasteiger partial charge in [0.05, 0.1) is 17.9 Å². The summed E-state index contributed by atoms with van der Waals surface area (Å²) in [7, 11) is 0. The highest BCUT2D eigenvalue weighted by Crippen LogP contribution is 2.53. The summed E-state index contributed by atoms with van der Waals surface area (Å²) >= 11 is 3.41. The molecule has 4 heteroatoms. The number of likely N-dealkylation sites (tertiary alicyclic amines) is 1. The van der Waals surface area contributed by atoms with Crippen molar-refractivity contribution in [3.8, 4) is 0 Å². The van der Waals surface area contributed by atoms with Crippen molar-refractivity contribution in [1.29, 1.82) is 0 Å². The first-order valence-electron chi connectivity index (χ1n) is 7.38. The molecular weight excluding hydrogens is 330 g/mol. The number of carbonyl (C=O) groups excluding carboxylic acids is 2. The molecule has 1 aliphatic heterocycles. The van der Waals surface area contributed by atoms with E-state index in [0.717, 1.165) is 16.5 Å². The summed E-state index contributed by atoms with van der Waals surface area (Å²) < 4.78 is 0.997. The zero-order chi connectivity index (χ0) is 14.7. The molecule has 3 aliphatic rings. The van der Waals surface area contributed by atoms with Crippen LogP contribution in [0.3, 0.4) is 0 Å². The Morgan fingerprint density at radius 3 is 2.10 bits per heavy atom. The maximum atomic E-state index is 12.7. The predicted molar refractivity (Wildman–Crippen MR) is 82.1 cm³/mol. The topological polar surface area (TPSA) is 37.4 Å². The van der Waals surface area contributed by atoms with Crippen molar-refractivity contribution in [1.82, 2.24) is 4.90 Å². The summed E-state index contributed by atoms with van der Waals surface area (Å²) in [5.74, 6) is 0.391. The van der Waals surface area contributed by atoms with Crippen molar-refractivity contribution in [3.63, 3.8) is 0 Å². The molecule has 4 rings (SSSR count). The van der Waals surface area contributed by atoms with E-state index in [0.29, 0.717) is 0 Å². The molecule has 21 heavy (non-hydrogen) atoms. The molecule has 0 aromatic heterocycles. The third-order valence-corrected chi connectivity index (χ3v) is 5.77. The fraction of sp³-hybridized carbons (Fsp3) is 0.412. The van der Waals surface area contributed by atoms with Crippen molar-refractivity contribution >= 4 is 27.7 Å². The van der Waals surface area contributed by atoms with Crippen LogP contribution in [0.5, 0.6) is 0 Å². The van der Waals surface area contributed by atoms with Gasteiger partial charge in [0.2, 0.25) is 11.8 Å². The number of carbonyl (C=O) groups is 2. The molecule has 2 amide bonds. The first kappa shape index (κ1) is 13.3. The van der Waals surface area contributed by atoms with Gasteiger partial charge in [0, 0.05) is 4.47 Å². The third kappa shape index (κ3) is 1.78. The van der Waals surface area contributed by atoms with Crippen LogP contribution in [0.2, 0.25) is 0 Å². The third-order valence-electron chi connectivity index (χ3n) is 5.24. The van der Waals surface area contributed by atoms with Crippen LogP contribution in [-0.4, -0.2) is 16.7 Å². The number of hydrogen-bond donors (Lipinski definition) is 0. The van der Waals surface area contributed by atoms with Crippen LogP contribution in [0.25, 0.3) is 0 Å². The quantitative estimate of drug-likeness (QED) is 0.609. The van der Waals surface area contributed by atoms with Gasteiger partial charge in [-0.05, 0) is 42.9 Å². The van der Waals surface area contributed by atoms with Gasteiger partial charge in [-0.1, -0.05) is 40.2 Å². The Labute approximate surface area is 132 Å². The number of amides is 2. The average Bonchev–Trinajstić information content (AvgIpc) is 3.13. The molecule has 1 aromatic carbocycles. The molecule has 0 N–H and O–H groups in total. The highest BCUT2D eigenvalue weighted by Gasteiger charge is 2.60. The Bertz CT molecular complexity index is 621. The highest BCUT2D eigenvalue weighted by molar-refractivity contribution is 9.10. The molecule has 108 valence electrons. The number of imide groups is 1. The lowest BCUT2D eigenvalue weighted by atomic mass is 9.85. The SMILES string of the molecule is CC(c1ccc(Br)cc1)N1C(=O)C2C3C=CC(C3)C2C1=O. The van der Waals surface area contributed by atoms with Gasteiger partial charge >= 0.3 is 0 Å². The molecule has 3 nitrogen and oxygen atoms in total. The van der Waals surface area contributed by atoms with Crippen LogP contribution < -0.4 is 0 Å². The molecule has 0 spiro atoms. The largest absolute Gasteiger partial charge is 0.275 e. The van der Waals surface area contributed by atoms with Gasteiger partial charge in [-0.3, -0.25) is 14.5 Å². The van der Waals surface area contributed by atoms with Crippen LogP contribution >= 0.6 is 15.9 Å². The Balaban J connectivity index is 1.66. The lowest BCUT2D eigenvalue weighted by molar-refractivity contribution is -0.143. The van der Waals surface area contributed by atoms with E-state index in [1.54, 1.807) is 0 Å². The average molecular weight is 346 g/mol. The van der Waals surface area contributed by atoms with Gasteiger partial charge in [0.15, 0.2) is 0 Å². The summed E-state index contributed by atoms with van der Waals surface area (Å²) in [6.07, 6.45) is 5.24. The van der Waals surface area contributed by atoms with Crippen LogP contribution in [0, 0.1) is 23.7 Å². The number of benzene rings is 1. The second-order valence-corrected chi connectivity index (χ2v) is 7.19. The summed E-state index contributed by atoms with van der Waals surface area (Å²) in [5, 5.41) is 0. The monoisotopic (exact) mass is 345 g/mol. The van der Waals surface area contributed by atoms with E-state index in [4.69, 9.17) is 0 Å². The summed E-state index contributed by atoms with van der Waals surface area (Å²) in [6.45, 7) is 1.94. The van der Waals surface area contributed by atoms with Gasteiger partial charge in [-0.2, -0.15) is 0 Å². The zero-order valence-electron chi connectivity index (χ0n) is 11.7. The molecule has 1 heterocycles. The Kier molecular flexibility index (Phi) is 2.86. The number of hydrogen-bond acceptors (Lipinski definition) is 2. The number of fused-ring (bicyclic) bond motifs is 5. The molecule has 5 atom stereocenters. The van der Waals surface area contributed by atoms with Crippen LogP contribution in [0.4, 0.5) is 0 Å². The number of halogens is 1. The Morgan fingerprint density at radius 1 is 1.05 bits per heavy atom. The minimum Gasteiger partial charge on any atom is -0.275 e. The minimum absolute atomic E-state index is 0.0252. The molecule has 1 saturated heterocycles. The summed E-state index contributed by atoms with van der Waals surface area (Å²) in [6, 6.07) is 7.64. The number of allylic oxidation sites excluding steroid dienone is 2. The number of nitrogens with zero attached hydrogens (tertiary/aromatic N) is 1. The predicted octanol–water partition coefficient (Wildman–Crippen LogP) is 3.32. The molecular formula is C17H16BrNO2. The smallest absolute Gasteiger partial charge is 0.234 e. The van der Waals surface area contributed by atoms with Crippen molar-refractivity contribution in [2.45, 2.75) is 19.4 Å². The Hall–Kier alpha value is -1.42. The van der Waals surface area contributed by atoms with E-state index in [1.807, 2.05) is 31.2 Å². The van der Waals surface area contributed by atoms with Crippen molar-refractivity contribution in [2.75, 3.05) is 0 Å². The van der Waals surface area contributed by atoms with E-state index in [1.165, 1.54) is 4.90 Å². The first-order chi connectivity index (χ1) is 10.1. The highest BCUT2D eigenvalue weighted by atomic mass is 79.9. The van der Waals surface area contributed by atoms with E-state index in [2.05, 4.69) is 28.1 Å². The summed E-state index contributed by atoms with van der Waals surface area (Å²) in [5.41, 5.74) is 1.00. The normalized spacial score (nSPS) is 34.7. The molecule has 1 saturated carbocycles. The first-order valence-corrected chi connectivity index (χ1v) is 8.18. The van der Waals surface area contributed by atoms with E-state index in [9.17, 15) is 9.59 Å². The van der Waals surface area contributed by atoms with E-state index >= 15 is 0 Å². The lowest BCUT2D eigenvalue weighted by Gasteiger charge is -2.25. The molecule has 2 fully saturated rings. The van der Waals surface area contributed by atoms with Gasteiger partial charge < -0.3 is 0 Å². The minimum atomic E-state index is -0.192. The molecule has 0 radical (unpaired) electrons. The maximum Gasteiger partial charge on any atom is 0.234 e. The maximum absolute atomic E-state index is 12.7. The van der Waals surface area contributed by atoms with Crippen LogP contribution in [0.15, 0.2) is 40.9 Å². The Morgan fingerprint density at radius 2 is 1.57 bits per heavy atom. The van der Waals surface area contributed by atoms with Crippen molar-refractivity contribution < 1.29 is 9.59 Å². The second-order valence-electron chi connectivity index (χ2n) is 6.27. The van der Waals surface area contributed by atoms with Gasteiger partial charge in [0.1, 0.15) is 0 Å². The van der Waals surface area contributed by atoms with Crippen molar-refractivity contribution in [3.05, 3.63) is 46.5 Å². The van der Waals surface area contributed by atoms with E-state index in [-0.39, 0.29) is 41.5 Å². The van der Waals surface area contributed by atoms with E-state index < -0.39 is 0 Å². The van der Waals surface area contributed by atoms with Crippen LogP contribution in [-0.2, 0) is 9.59 Å². The lowest BCUT2D eigenvalue weighted by Crippen LogP contribution is -2.35. The molecule has 5 unspecified atom stereocenters. The second kappa shape index (κ2) is 4.54.